The number of carbonyl (C=O) groups excluding carboxylic acids is 3. The largest absolute Gasteiger partial charge is 0.490 e. The number of benzene rings is 2. The topological polar surface area (TPSA) is 84.9 Å². The summed E-state index contributed by atoms with van der Waals surface area (Å²) in [6.07, 6.45) is 2.13. The summed E-state index contributed by atoms with van der Waals surface area (Å²) in [5, 5.41) is 2.63. The number of urea groups is 1. The van der Waals surface area contributed by atoms with Crippen LogP contribution in [0.25, 0.3) is 6.08 Å². The van der Waals surface area contributed by atoms with Crippen LogP contribution < -0.4 is 19.7 Å². The van der Waals surface area contributed by atoms with Gasteiger partial charge in [0.25, 0.3) is 11.8 Å². The van der Waals surface area contributed by atoms with Crippen LogP contribution >= 0.6 is 23.2 Å². The van der Waals surface area contributed by atoms with E-state index in [1.54, 1.807) is 30.3 Å². The third-order valence-corrected chi connectivity index (χ3v) is 4.89. The molecule has 0 atom stereocenters. The maximum absolute atomic E-state index is 13.0. The quantitative estimate of drug-likeness (QED) is 0.469. The van der Waals surface area contributed by atoms with Crippen molar-refractivity contribution in [1.29, 1.82) is 0 Å². The Morgan fingerprint density at radius 1 is 1.03 bits per heavy atom. The third-order valence-electron chi connectivity index (χ3n) is 4.29. The SMILES string of the molecule is CCCOc1c(Cl)cc(/C=C2\C(=O)NC(=O)N(c3ccccc3Cl)C2=O)cc1OCC. The molecule has 1 N–H and O–H groups in total. The van der Waals surface area contributed by atoms with E-state index in [2.05, 4.69) is 5.32 Å². The number of carbonyl (C=O) groups is 3. The summed E-state index contributed by atoms with van der Waals surface area (Å²) in [5.41, 5.74) is 0.353. The van der Waals surface area contributed by atoms with Gasteiger partial charge in [0.05, 0.1) is 28.9 Å². The number of nitrogens with zero attached hydrogens (tertiary/aromatic N) is 1. The predicted octanol–water partition coefficient (Wildman–Crippen LogP) is 4.85. The van der Waals surface area contributed by atoms with Crippen molar-refractivity contribution in [2.75, 3.05) is 18.1 Å². The van der Waals surface area contributed by atoms with Gasteiger partial charge in [-0.1, -0.05) is 42.3 Å². The smallest absolute Gasteiger partial charge is 0.335 e. The molecule has 0 bridgehead atoms. The predicted molar refractivity (Wildman–Crippen MR) is 119 cm³/mol. The fraction of sp³-hybridized carbons (Fsp3) is 0.227. The number of anilines is 1. The zero-order valence-electron chi connectivity index (χ0n) is 16.9. The molecule has 0 aliphatic carbocycles. The Bertz CT molecular complexity index is 1070. The molecule has 2 aromatic carbocycles. The molecule has 1 heterocycles. The Hall–Kier alpha value is -3.03. The van der Waals surface area contributed by atoms with Crippen molar-refractivity contribution in [3.63, 3.8) is 0 Å². The van der Waals surface area contributed by atoms with Crippen LogP contribution in [-0.2, 0) is 9.59 Å². The highest BCUT2D eigenvalue weighted by Crippen LogP contribution is 2.38. The van der Waals surface area contributed by atoms with Crippen molar-refractivity contribution in [1.82, 2.24) is 5.32 Å². The number of barbiturate groups is 1. The molecule has 0 saturated carbocycles. The fourth-order valence-corrected chi connectivity index (χ4v) is 3.45. The molecule has 3 rings (SSSR count). The fourth-order valence-electron chi connectivity index (χ4n) is 2.95. The van der Waals surface area contributed by atoms with E-state index in [-0.39, 0.29) is 21.3 Å². The van der Waals surface area contributed by atoms with Crippen molar-refractivity contribution < 1.29 is 23.9 Å². The molecular formula is C22H20Cl2N2O5. The van der Waals surface area contributed by atoms with Gasteiger partial charge in [0, 0.05) is 0 Å². The van der Waals surface area contributed by atoms with Gasteiger partial charge in [-0.05, 0) is 49.2 Å². The van der Waals surface area contributed by atoms with Crippen LogP contribution in [0.15, 0.2) is 42.0 Å². The zero-order chi connectivity index (χ0) is 22.5. The number of hydrogen-bond acceptors (Lipinski definition) is 5. The number of imide groups is 2. The van der Waals surface area contributed by atoms with Crippen LogP contribution in [-0.4, -0.2) is 31.1 Å². The summed E-state index contributed by atoms with van der Waals surface area (Å²) in [5.74, 6) is -0.848. The van der Waals surface area contributed by atoms with E-state index in [9.17, 15) is 14.4 Å². The van der Waals surface area contributed by atoms with E-state index >= 15 is 0 Å². The summed E-state index contributed by atoms with van der Waals surface area (Å²) in [6, 6.07) is 8.64. The third kappa shape index (κ3) is 4.84. The first kappa shape index (κ1) is 22.7. The molecule has 1 aliphatic rings. The van der Waals surface area contributed by atoms with Crippen LogP contribution in [0.2, 0.25) is 10.0 Å². The monoisotopic (exact) mass is 462 g/mol. The van der Waals surface area contributed by atoms with Gasteiger partial charge >= 0.3 is 6.03 Å². The van der Waals surface area contributed by atoms with Crippen molar-refractivity contribution >= 4 is 52.8 Å². The normalized spacial score (nSPS) is 15.3. The zero-order valence-corrected chi connectivity index (χ0v) is 18.4. The molecule has 4 amide bonds. The minimum atomic E-state index is -0.878. The van der Waals surface area contributed by atoms with Crippen LogP contribution in [0.5, 0.6) is 11.5 Å². The molecule has 0 aromatic heterocycles. The van der Waals surface area contributed by atoms with Gasteiger partial charge in [0.2, 0.25) is 0 Å². The van der Waals surface area contributed by atoms with E-state index in [0.29, 0.717) is 30.3 Å². The number of hydrogen-bond donors (Lipinski definition) is 1. The molecule has 7 nitrogen and oxygen atoms in total. The summed E-state index contributed by atoms with van der Waals surface area (Å²) in [6.45, 7) is 4.60. The Morgan fingerprint density at radius 2 is 1.77 bits per heavy atom. The standard InChI is InChI=1S/C22H20Cl2N2O5/c1-3-9-31-19-16(24)11-13(12-18(19)30-4-2)10-14-20(27)25-22(29)26(21(14)28)17-8-6-5-7-15(17)23/h5-8,10-12H,3-4,9H2,1-2H3,(H,25,27,29)/b14-10+. The van der Waals surface area contributed by atoms with E-state index in [0.717, 1.165) is 11.3 Å². The lowest BCUT2D eigenvalue weighted by atomic mass is 10.1. The molecular weight excluding hydrogens is 443 g/mol. The molecule has 0 radical (unpaired) electrons. The highest BCUT2D eigenvalue weighted by atomic mass is 35.5. The second-order valence-electron chi connectivity index (χ2n) is 6.52. The molecule has 0 spiro atoms. The number of nitrogens with one attached hydrogen (secondary N) is 1. The lowest BCUT2D eigenvalue weighted by Crippen LogP contribution is -2.54. The number of amides is 4. The first-order valence-corrected chi connectivity index (χ1v) is 10.4. The lowest BCUT2D eigenvalue weighted by molar-refractivity contribution is -0.122. The van der Waals surface area contributed by atoms with Crippen LogP contribution in [0.1, 0.15) is 25.8 Å². The maximum atomic E-state index is 13.0. The van der Waals surface area contributed by atoms with Gasteiger partial charge in [-0.2, -0.15) is 0 Å². The Kier molecular flexibility index (Phi) is 7.20. The molecule has 2 aromatic rings. The van der Waals surface area contributed by atoms with Crippen molar-refractivity contribution in [2.24, 2.45) is 0 Å². The average Bonchev–Trinajstić information content (AvgIpc) is 2.72. The number of rotatable bonds is 7. The van der Waals surface area contributed by atoms with Crippen LogP contribution in [0.3, 0.4) is 0 Å². The Balaban J connectivity index is 2.03. The minimum Gasteiger partial charge on any atom is -0.490 e. The summed E-state index contributed by atoms with van der Waals surface area (Å²) >= 11 is 12.5. The molecule has 162 valence electrons. The van der Waals surface area contributed by atoms with Gasteiger partial charge in [0.1, 0.15) is 5.57 Å². The summed E-state index contributed by atoms with van der Waals surface area (Å²) in [4.78, 5) is 38.6. The minimum absolute atomic E-state index is 0.168. The van der Waals surface area contributed by atoms with E-state index in [1.165, 1.54) is 12.1 Å². The van der Waals surface area contributed by atoms with E-state index < -0.39 is 17.8 Å². The average molecular weight is 463 g/mol. The van der Waals surface area contributed by atoms with Gasteiger partial charge in [-0.15, -0.1) is 0 Å². The van der Waals surface area contributed by atoms with Crippen molar-refractivity contribution in [3.05, 3.63) is 57.6 Å². The molecule has 1 fully saturated rings. The van der Waals surface area contributed by atoms with Crippen molar-refractivity contribution in [3.8, 4) is 11.5 Å². The molecule has 0 unspecified atom stereocenters. The first-order valence-electron chi connectivity index (χ1n) is 9.62. The van der Waals surface area contributed by atoms with Gasteiger partial charge in [0.15, 0.2) is 11.5 Å². The second kappa shape index (κ2) is 9.85. The lowest BCUT2D eigenvalue weighted by Gasteiger charge is -2.27. The second-order valence-corrected chi connectivity index (χ2v) is 7.34. The number of para-hydroxylation sites is 1. The first-order chi connectivity index (χ1) is 14.9. The Labute approximate surface area is 189 Å². The molecule has 1 saturated heterocycles. The molecule has 1 aliphatic heterocycles. The van der Waals surface area contributed by atoms with E-state index in [1.807, 2.05) is 13.8 Å². The van der Waals surface area contributed by atoms with Gasteiger partial charge in [-0.25, -0.2) is 9.69 Å². The van der Waals surface area contributed by atoms with Gasteiger partial charge < -0.3 is 9.47 Å². The molecule has 9 heteroatoms. The number of halogens is 2. The van der Waals surface area contributed by atoms with Gasteiger partial charge in [-0.3, -0.25) is 14.9 Å². The Morgan fingerprint density at radius 3 is 2.45 bits per heavy atom. The maximum Gasteiger partial charge on any atom is 0.335 e. The number of ether oxygens (including phenoxy) is 2. The summed E-state index contributed by atoms with van der Waals surface area (Å²) < 4.78 is 11.3. The van der Waals surface area contributed by atoms with Crippen molar-refractivity contribution in [2.45, 2.75) is 20.3 Å². The van der Waals surface area contributed by atoms with Crippen LogP contribution in [0, 0.1) is 0 Å². The highest BCUT2D eigenvalue weighted by molar-refractivity contribution is 6.42. The highest BCUT2D eigenvalue weighted by Gasteiger charge is 2.37. The van der Waals surface area contributed by atoms with Crippen LogP contribution in [0.4, 0.5) is 10.5 Å². The van der Waals surface area contributed by atoms with E-state index in [4.69, 9.17) is 32.7 Å². The summed E-state index contributed by atoms with van der Waals surface area (Å²) in [7, 11) is 0. The molecule has 31 heavy (non-hydrogen) atoms.